The lowest BCUT2D eigenvalue weighted by molar-refractivity contribution is -0.140. The number of fused-ring (bicyclic) bond motifs is 1. The highest BCUT2D eigenvalue weighted by Gasteiger charge is 2.29. The molecule has 21 heavy (non-hydrogen) atoms. The molecule has 1 aromatic rings. The Bertz CT molecular complexity index is 528. The number of benzene rings is 1. The van der Waals surface area contributed by atoms with Crippen LogP contribution in [0.25, 0.3) is 0 Å². The largest absolute Gasteiger partial charge is 0.481 e. The highest BCUT2D eigenvalue weighted by atomic mass is 16.4. The van der Waals surface area contributed by atoms with Crippen LogP contribution in [-0.2, 0) is 22.6 Å². The quantitative estimate of drug-likeness (QED) is 0.860. The van der Waals surface area contributed by atoms with Gasteiger partial charge in [0.1, 0.15) is 0 Å². The van der Waals surface area contributed by atoms with Gasteiger partial charge in [-0.2, -0.15) is 0 Å². The topological polar surface area (TPSA) is 69.6 Å². The fourth-order valence-corrected chi connectivity index (χ4v) is 2.67. The van der Waals surface area contributed by atoms with Crippen LogP contribution in [0.2, 0.25) is 0 Å². The molecule has 2 N–H and O–H groups in total. The summed E-state index contributed by atoms with van der Waals surface area (Å²) in [6, 6.07) is 7.82. The van der Waals surface area contributed by atoms with Crippen LogP contribution in [0.1, 0.15) is 31.4 Å². The predicted octanol–water partition coefficient (Wildman–Crippen LogP) is 1.41. The number of hydrogen-bond acceptors (Lipinski definition) is 3. The van der Waals surface area contributed by atoms with Crippen LogP contribution in [-0.4, -0.2) is 40.5 Å². The van der Waals surface area contributed by atoms with Gasteiger partial charge >= 0.3 is 5.97 Å². The average molecular weight is 290 g/mol. The van der Waals surface area contributed by atoms with E-state index in [0.717, 1.165) is 0 Å². The summed E-state index contributed by atoms with van der Waals surface area (Å²) in [5.74, 6) is -0.892. The summed E-state index contributed by atoms with van der Waals surface area (Å²) in [4.78, 5) is 25.0. The Hall–Kier alpha value is -1.88. The molecule has 2 rings (SSSR count). The molecule has 1 heterocycles. The molecule has 1 amide bonds. The van der Waals surface area contributed by atoms with Crippen LogP contribution >= 0.6 is 0 Å². The molecule has 1 aromatic carbocycles. The lowest BCUT2D eigenvalue weighted by Crippen LogP contribution is -2.52. The monoisotopic (exact) mass is 290 g/mol. The van der Waals surface area contributed by atoms with E-state index in [-0.39, 0.29) is 31.0 Å². The van der Waals surface area contributed by atoms with Crippen molar-refractivity contribution in [3.63, 3.8) is 0 Å². The predicted molar refractivity (Wildman–Crippen MR) is 79.9 cm³/mol. The maximum Gasteiger partial charge on any atom is 0.305 e. The average Bonchev–Trinajstić information content (AvgIpc) is 2.46. The normalized spacial score (nSPS) is 17.4. The third-order valence-electron chi connectivity index (χ3n) is 3.85. The van der Waals surface area contributed by atoms with Crippen molar-refractivity contribution < 1.29 is 14.7 Å². The van der Waals surface area contributed by atoms with Gasteiger partial charge in [-0.15, -0.1) is 0 Å². The van der Waals surface area contributed by atoms with E-state index >= 15 is 0 Å². The number of nitrogens with zero attached hydrogens (tertiary/aromatic N) is 1. The van der Waals surface area contributed by atoms with E-state index in [0.29, 0.717) is 13.0 Å². The van der Waals surface area contributed by atoms with E-state index in [1.807, 2.05) is 32.0 Å². The molecule has 1 atom stereocenters. The van der Waals surface area contributed by atoms with Gasteiger partial charge in [0, 0.05) is 19.1 Å². The second-order valence-electron chi connectivity index (χ2n) is 5.68. The van der Waals surface area contributed by atoms with Gasteiger partial charge in [-0.1, -0.05) is 24.3 Å². The van der Waals surface area contributed by atoms with Gasteiger partial charge < -0.3 is 15.3 Å². The summed E-state index contributed by atoms with van der Waals surface area (Å²) in [7, 11) is 0. The van der Waals surface area contributed by atoms with Crippen molar-refractivity contribution >= 4 is 11.9 Å². The maximum atomic E-state index is 12.6. The Balaban J connectivity index is 2.06. The zero-order valence-electron chi connectivity index (χ0n) is 12.5. The van der Waals surface area contributed by atoms with Crippen LogP contribution < -0.4 is 5.32 Å². The van der Waals surface area contributed by atoms with Gasteiger partial charge in [0.2, 0.25) is 5.91 Å². The molecule has 0 aliphatic carbocycles. The van der Waals surface area contributed by atoms with Gasteiger partial charge in [-0.3, -0.25) is 9.59 Å². The molecule has 0 spiro atoms. The van der Waals surface area contributed by atoms with E-state index in [1.54, 1.807) is 4.90 Å². The SMILES string of the molecule is CC(C)N(CCC(=O)O)C(=O)[C@H]1Cc2ccccc2CN1. The molecule has 0 saturated heterocycles. The molecule has 0 fully saturated rings. The zero-order chi connectivity index (χ0) is 15.4. The molecule has 0 unspecified atom stereocenters. The van der Waals surface area contributed by atoms with Crippen LogP contribution in [0.5, 0.6) is 0 Å². The molecular formula is C16H22N2O3. The minimum Gasteiger partial charge on any atom is -0.481 e. The second-order valence-corrected chi connectivity index (χ2v) is 5.68. The molecule has 5 nitrogen and oxygen atoms in total. The maximum absolute atomic E-state index is 12.6. The molecule has 1 aliphatic rings. The van der Waals surface area contributed by atoms with Crippen LogP contribution in [0, 0.1) is 0 Å². The minimum absolute atomic E-state index is 0.00387. The van der Waals surface area contributed by atoms with Crippen molar-refractivity contribution in [2.24, 2.45) is 0 Å². The first-order valence-electron chi connectivity index (χ1n) is 7.31. The van der Waals surface area contributed by atoms with Crippen molar-refractivity contribution in [3.8, 4) is 0 Å². The second kappa shape index (κ2) is 6.72. The van der Waals surface area contributed by atoms with E-state index in [4.69, 9.17) is 5.11 Å². The first-order chi connectivity index (χ1) is 9.99. The van der Waals surface area contributed by atoms with Crippen molar-refractivity contribution in [3.05, 3.63) is 35.4 Å². The van der Waals surface area contributed by atoms with E-state index < -0.39 is 5.97 Å². The van der Waals surface area contributed by atoms with Crippen LogP contribution in [0.15, 0.2) is 24.3 Å². The first-order valence-corrected chi connectivity index (χ1v) is 7.31. The highest BCUT2D eigenvalue weighted by Crippen LogP contribution is 2.18. The number of aliphatic carboxylic acids is 1. The van der Waals surface area contributed by atoms with Crippen LogP contribution in [0.4, 0.5) is 0 Å². The van der Waals surface area contributed by atoms with Crippen LogP contribution in [0.3, 0.4) is 0 Å². The highest BCUT2D eigenvalue weighted by molar-refractivity contribution is 5.83. The van der Waals surface area contributed by atoms with E-state index in [2.05, 4.69) is 11.4 Å². The molecule has 0 bridgehead atoms. The van der Waals surface area contributed by atoms with Crippen molar-refractivity contribution in [2.45, 2.75) is 45.3 Å². The number of carbonyl (C=O) groups excluding carboxylic acids is 1. The van der Waals surface area contributed by atoms with Crippen molar-refractivity contribution in [1.82, 2.24) is 10.2 Å². The lowest BCUT2D eigenvalue weighted by Gasteiger charge is -2.33. The van der Waals surface area contributed by atoms with Gasteiger partial charge in [0.25, 0.3) is 0 Å². The zero-order valence-corrected chi connectivity index (χ0v) is 12.5. The standard InChI is InChI=1S/C16H22N2O3/c1-11(2)18(8-7-15(19)20)16(21)14-9-12-5-3-4-6-13(12)10-17-14/h3-6,11,14,17H,7-10H2,1-2H3,(H,19,20)/t14-/m1/s1. The number of hydrogen-bond donors (Lipinski definition) is 2. The van der Waals surface area contributed by atoms with Gasteiger partial charge in [0.15, 0.2) is 0 Å². The molecule has 114 valence electrons. The number of rotatable bonds is 5. The third kappa shape index (κ3) is 3.82. The van der Waals surface area contributed by atoms with E-state index in [9.17, 15) is 9.59 Å². The molecule has 5 heteroatoms. The summed E-state index contributed by atoms with van der Waals surface area (Å²) in [6.45, 7) is 4.76. The summed E-state index contributed by atoms with van der Waals surface area (Å²) in [5.41, 5.74) is 2.42. The fourth-order valence-electron chi connectivity index (χ4n) is 2.67. The number of carboxylic acid groups (broad SMARTS) is 1. The Labute approximate surface area is 125 Å². The molecule has 1 aliphatic heterocycles. The van der Waals surface area contributed by atoms with Gasteiger partial charge in [0.05, 0.1) is 12.5 Å². The summed E-state index contributed by atoms with van der Waals surface area (Å²) in [5, 5.41) is 12.1. The first kappa shape index (κ1) is 15.5. The minimum atomic E-state index is -0.879. The Morgan fingerprint density at radius 2 is 2.00 bits per heavy atom. The molecular weight excluding hydrogens is 268 g/mol. The number of nitrogens with one attached hydrogen (secondary N) is 1. The Morgan fingerprint density at radius 1 is 1.33 bits per heavy atom. The lowest BCUT2D eigenvalue weighted by atomic mass is 9.95. The van der Waals surface area contributed by atoms with Crippen molar-refractivity contribution in [1.29, 1.82) is 0 Å². The third-order valence-corrected chi connectivity index (χ3v) is 3.85. The van der Waals surface area contributed by atoms with Crippen molar-refractivity contribution in [2.75, 3.05) is 6.54 Å². The summed E-state index contributed by atoms with van der Waals surface area (Å²) < 4.78 is 0. The number of amides is 1. The van der Waals surface area contributed by atoms with E-state index in [1.165, 1.54) is 11.1 Å². The molecule has 0 radical (unpaired) electrons. The van der Waals surface area contributed by atoms with Gasteiger partial charge in [-0.25, -0.2) is 0 Å². The number of carboxylic acids is 1. The number of carbonyl (C=O) groups is 2. The summed E-state index contributed by atoms with van der Waals surface area (Å²) in [6.07, 6.45) is 0.637. The smallest absolute Gasteiger partial charge is 0.305 e. The Morgan fingerprint density at radius 3 is 2.62 bits per heavy atom. The molecule has 0 aromatic heterocycles. The fraction of sp³-hybridized carbons (Fsp3) is 0.500. The van der Waals surface area contributed by atoms with Gasteiger partial charge in [-0.05, 0) is 31.4 Å². The Kier molecular flexibility index (Phi) is 4.96. The molecule has 0 saturated carbocycles. The summed E-state index contributed by atoms with van der Waals surface area (Å²) >= 11 is 0.